The number of urea groups is 1. The summed E-state index contributed by atoms with van der Waals surface area (Å²) >= 11 is 6.06. The second-order valence-electron chi connectivity index (χ2n) is 7.70. The zero-order chi connectivity index (χ0) is 21.3. The predicted octanol–water partition coefficient (Wildman–Crippen LogP) is 3.62. The van der Waals surface area contributed by atoms with E-state index in [9.17, 15) is 9.59 Å². The molecule has 156 valence electrons. The molecule has 1 aliphatic heterocycles. The average molecular weight is 426 g/mol. The molecule has 2 N–H and O–H groups in total. The molecule has 2 aromatic carbocycles. The molecule has 3 aromatic rings. The lowest BCUT2D eigenvalue weighted by molar-refractivity contribution is 0.102. The number of amides is 2. The zero-order valence-corrected chi connectivity index (χ0v) is 17.7. The Morgan fingerprint density at radius 1 is 1.27 bits per heavy atom. The van der Waals surface area contributed by atoms with Crippen LogP contribution in [0.25, 0.3) is 10.9 Å². The Kier molecular flexibility index (Phi) is 5.74. The van der Waals surface area contributed by atoms with Crippen LogP contribution in [0.15, 0.2) is 47.3 Å². The number of rotatable bonds is 3. The van der Waals surface area contributed by atoms with Crippen LogP contribution in [0, 0.1) is 6.92 Å². The van der Waals surface area contributed by atoms with Crippen molar-refractivity contribution in [1.29, 1.82) is 0 Å². The SMILES string of the molecule is Cc1ccc(Cl)cc1NC(=O)N1CCN(Cc2nc3ccccc3c(=O)[nH]2)CC1C. The van der Waals surface area contributed by atoms with Crippen LogP contribution >= 0.6 is 11.6 Å². The van der Waals surface area contributed by atoms with E-state index in [-0.39, 0.29) is 17.6 Å². The van der Waals surface area contributed by atoms with E-state index in [2.05, 4.69) is 20.2 Å². The molecule has 1 aliphatic rings. The van der Waals surface area contributed by atoms with Gasteiger partial charge in [-0.3, -0.25) is 9.69 Å². The average Bonchev–Trinajstić information content (AvgIpc) is 2.71. The Hall–Kier alpha value is -2.90. The third kappa shape index (κ3) is 4.32. The van der Waals surface area contributed by atoms with Crippen LogP contribution in [0.1, 0.15) is 18.3 Å². The Morgan fingerprint density at radius 3 is 2.87 bits per heavy atom. The number of benzene rings is 2. The van der Waals surface area contributed by atoms with Gasteiger partial charge in [-0.15, -0.1) is 0 Å². The van der Waals surface area contributed by atoms with Gasteiger partial charge < -0.3 is 15.2 Å². The summed E-state index contributed by atoms with van der Waals surface area (Å²) in [6.07, 6.45) is 0. The highest BCUT2D eigenvalue weighted by molar-refractivity contribution is 6.31. The molecule has 1 fully saturated rings. The van der Waals surface area contributed by atoms with Gasteiger partial charge in [0.15, 0.2) is 0 Å². The van der Waals surface area contributed by atoms with Crippen LogP contribution in [0.3, 0.4) is 0 Å². The molecular weight excluding hydrogens is 402 g/mol. The maximum absolute atomic E-state index is 12.8. The van der Waals surface area contributed by atoms with Crippen molar-refractivity contribution in [3.8, 4) is 0 Å². The number of nitrogens with zero attached hydrogens (tertiary/aromatic N) is 3. The number of fused-ring (bicyclic) bond motifs is 1. The van der Waals surface area contributed by atoms with Crippen molar-refractivity contribution in [2.24, 2.45) is 0 Å². The largest absolute Gasteiger partial charge is 0.322 e. The Morgan fingerprint density at radius 2 is 2.07 bits per heavy atom. The van der Waals surface area contributed by atoms with Crippen LogP contribution < -0.4 is 10.9 Å². The quantitative estimate of drug-likeness (QED) is 0.671. The molecule has 2 heterocycles. The van der Waals surface area contributed by atoms with E-state index in [1.54, 1.807) is 18.2 Å². The van der Waals surface area contributed by atoms with Gasteiger partial charge >= 0.3 is 6.03 Å². The van der Waals surface area contributed by atoms with Gasteiger partial charge in [0.1, 0.15) is 5.82 Å². The zero-order valence-electron chi connectivity index (χ0n) is 17.0. The molecule has 0 bridgehead atoms. The number of halogens is 1. The third-order valence-corrected chi connectivity index (χ3v) is 5.68. The lowest BCUT2D eigenvalue weighted by Crippen LogP contribution is -2.54. The van der Waals surface area contributed by atoms with Gasteiger partial charge in [0, 0.05) is 36.4 Å². The predicted molar refractivity (Wildman–Crippen MR) is 119 cm³/mol. The van der Waals surface area contributed by atoms with Gasteiger partial charge in [-0.25, -0.2) is 9.78 Å². The first kappa shape index (κ1) is 20.4. The number of aryl methyl sites for hydroxylation is 1. The summed E-state index contributed by atoms with van der Waals surface area (Å²) < 4.78 is 0. The number of carbonyl (C=O) groups excluding carboxylic acids is 1. The van der Waals surface area contributed by atoms with E-state index in [0.717, 1.165) is 11.3 Å². The van der Waals surface area contributed by atoms with E-state index in [0.29, 0.717) is 47.9 Å². The fourth-order valence-corrected chi connectivity index (χ4v) is 3.99. The molecule has 0 aliphatic carbocycles. The van der Waals surface area contributed by atoms with Crippen LogP contribution in [0.4, 0.5) is 10.5 Å². The molecule has 4 rings (SSSR count). The number of piperazine rings is 1. The first-order chi connectivity index (χ1) is 14.4. The normalized spacial score (nSPS) is 17.3. The minimum Gasteiger partial charge on any atom is -0.319 e. The molecular formula is C22H24ClN5O2. The monoisotopic (exact) mass is 425 g/mol. The number of H-pyrrole nitrogens is 1. The summed E-state index contributed by atoms with van der Waals surface area (Å²) in [4.78, 5) is 36.6. The Balaban J connectivity index is 1.41. The van der Waals surface area contributed by atoms with E-state index >= 15 is 0 Å². The number of hydrogen-bond donors (Lipinski definition) is 2. The third-order valence-electron chi connectivity index (χ3n) is 5.45. The fraction of sp³-hybridized carbons (Fsp3) is 0.318. The first-order valence-corrected chi connectivity index (χ1v) is 10.3. The van der Waals surface area contributed by atoms with Crippen LogP contribution in [-0.2, 0) is 6.54 Å². The maximum Gasteiger partial charge on any atom is 0.322 e. The number of anilines is 1. The standard InChI is InChI=1S/C22H24ClN5O2/c1-14-7-8-16(23)11-19(14)25-22(30)28-10-9-27(12-15(28)2)13-20-24-18-6-4-3-5-17(18)21(29)26-20/h3-8,11,15H,9-10,12-13H2,1-2H3,(H,25,30)(H,24,26,29). The van der Waals surface area contributed by atoms with Crippen molar-refractivity contribution in [1.82, 2.24) is 19.8 Å². The van der Waals surface area contributed by atoms with E-state index < -0.39 is 0 Å². The van der Waals surface area contributed by atoms with Gasteiger partial charge in [-0.05, 0) is 43.7 Å². The summed E-state index contributed by atoms with van der Waals surface area (Å²) in [6.45, 7) is 6.47. The van der Waals surface area contributed by atoms with Crippen molar-refractivity contribution in [3.05, 3.63) is 69.2 Å². The molecule has 0 spiro atoms. The molecule has 8 heteroatoms. The van der Waals surface area contributed by atoms with E-state index in [1.807, 2.05) is 43.0 Å². The van der Waals surface area contributed by atoms with Crippen LogP contribution in [0.2, 0.25) is 5.02 Å². The number of carbonyl (C=O) groups is 1. The highest BCUT2D eigenvalue weighted by Gasteiger charge is 2.28. The van der Waals surface area contributed by atoms with Gasteiger partial charge in [0.25, 0.3) is 5.56 Å². The molecule has 30 heavy (non-hydrogen) atoms. The van der Waals surface area contributed by atoms with Gasteiger partial charge in [-0.1, -0.05) is 29.8 Å². The molecule has 1 saturated heterocycles. The number of nitrogens with one attached hydrogen (secondary N) is 2. The van der Waals surface area contributed by atoms with E-state index in [4.69, 9.17) is 11.6 Å². The minimum atomic E-state index is -0.134. The highest BCUT2D eigenvalue weighted by atomic mass is 35.5. The Bertz CT molecular complexity index is 1150. The first-order valence-electron chi connectivity index (χ1n) is 9.95. The van der Waals surface area contributed by atoms with Crippen molar-refractivity contribution in [3.63, 3.8) is 0 Å². The smallest absolute Gasteiger partial charge is 0.319 e. The second-order valence-corrected chi connectivity index (χ2v) is 8.13. The molecule has 7 nitrogen and oxygen atoms in total. The summed E-state index contributed by atoms with van der Waals surface area (Å²) in [5, 5.41) is 4.15. The summed E-state index contributed by atoms with van der Waals surface area (Å²) in [7, 11) is 0. The summed E-state index contributed by atoms with van der Waals surface area (Å²) in [5.74, 6) is 0.637. The second kappa shape index (κ2) is 8.45. The van der Waals surface area contributed by atoms with Gasteiger partial charge in [-0.2, -0.15) is 0 Å². The van der Waals surface area contributed by atoms with Crippen molar-refractivity contribution in [2.45, 2.75) is 26.4 Å². The highest BCUT2D eigenvalue weighted by Crippen LogP contribution is 2.21. The minimum absolute atomic E-state index is 0.0189. The fourth-order valence-electron chi connectivity index (χ4n) is 3.82. The summed E-state index contributed by atoms with van der Waals surface area (Å²) in [5.41, 5.74) is 2.25. The molecule has 0 saturated carbocycles. The van der Waals surface area contributed by atoms with Gasteiger partial charge in [0.05, 0.1) is 17.4 Å². The summed E-state index contributed by atoms with van der Waals surface area (Å²) in [6, 6.07) is 12.7. The number of aromatic nitrogens is 2. The maximum atomic E-state index is 12.8. The van der Waals surface area contributed by atoms with Gasteiger partial charge in [0.2, 0.25) is 0 Å². The van der Waals surface area contributed by atoms with E-state index in [1.165, 1.54) is 0 Å². The van der Waals surface area contributed by atoms with Crippen LogP contribution in [0.5, 0.6) is 0 Å². The molecule has 0 radical (unpaired) electrons. The molecule has 1 unspecified atom stereocenters. The lowest BCUT2D eigenvalue weighted by atomic mass is 10.2. The van der Waals surface area contributed by atoms with Crippen molar-refractivity contribution >= 4 is 34.2 Å². The number of hydrogen-bond acceptors (Lipinski definition) is 4. The number of para-hydroxylation sites is 1. The number of aromatic amines is 1. The van der Waals surface area contributed by atoms with Crippen molar-refractivity contribution in [2.75, 3.05) is 25.0 Å². The molecule has 1 atom stereocenters. The van der Waals surface area contributed by atoms with Crippen molar-refractivity contribution < 1.29 is 4.79 Å². The topological polar surface area (TPSA) is 81.3 Å². The Labute approximate surface area is 179 Å². The molecule has 1 aromatic heterocycles. The molecule has 2 amide bonds. The lowest BCUT2D eigenvalue weighted by Gasteiger charge is -2.39. The van der Waals surface area contributed by atoms with Crippen LogP contribution in [-0.4, -0.2) is 51.5 Å².